The molecule has 0 atom stereocenters. The van der Waals surface area contributed by atoms with Gasteiger partial charge in [-0.25, -0.2) is 4.98 Å². The maximum absolute atomic E-state index is 5.27. The van der Waals surface area contributed by atoms with Gasteiger partial charge in [-0.1, -0.05) is 6.92 Å². The summed E-state index contributed by atoms with van der Waals surface area (Å²) in [6.07, 6.45) is 5.59. The molecule has 0 aliphatic carbocycles. The van der Waals surface area contributed by atoms with E-state index in [-0.39, 0.29) is 0 Å². The Morgan fingerprint density at radius 2 is 2.14 bits per heavy atom. The number of nitrogens with zero attached hydrogens (tertiary/aromatic N) is 2. The van der Waals surface area contributed by atoms with Gasteiger partial charge in [-0.3, -0.25) is 0 Å². The van der Waals surface area contributed by atoms with Crippen LogP contribution in [0, 0.1) is 12.8 Å². The lowest BCUT2D eigenvalue weighted by Gasteiger charge is -2.33. The van der Waals surface area contributed by atoms with Crippen LogP contribution in [0.25, 0.3) is 0 Å². The van der Waals surface area contributed by atoms with E-state index in [1.807, 2.05) is 6.20 Å². The van der Waals surface area contributed by atoms with E-state index in [4.69, 9.17) is 9.72 Å². The predicted octanol–water partition coefficient (Wildman–Crippen LogP) is 2.75. The van der Waals surface area contributed by atoms with Crippen molar-refractivity contribution in [2.45, 2.75) is 39.7 Å². The molecule has 1 fully saturated rings. The van der Waals surface area contributed by atoms with Gasteiger partial charge in [-0.05, 0) is 55.8 Å². The summed E-state index contributed by atoms with van der Waals surface area (Å²) in [6.45, 7) is 9.41. The minimum Gasteiger partial charge on any atom is -0.384 e. The van der Waals surface area contributed by atoms with E-state index >= 15 is 0 Å². The lowest BCUT2D eigenvalue weighted by Crippen LogP contribution is -2.36. The quantitative estimate of drug-likeness (QED) is 0.784. The SMILES string of the molecule is CCCNCc1cnc(N2CCC(COC)CC2)c(C)c1. The van der Waals surface area contributed by atoms with Crippen molar-refractivity contribution in [1.82, 2.24) is 10.3 Å². The molecule has 0 aromatic carbocycles. The lowest BCUT2D eigenvalue weighted by atomic mass is 9.97. The van der Waals surface area contributed by atoms with Crippen molar-refractivity contribution in [3.8, 4) is 0 Å². The number of methoxy groups -OCH3 is 1. The van der Waals surface area contributed by atoms with Crippen LogP contribution >= 0.6 is 0 Å². The number of piperidine rings is 1. The van der Waals surface area contributed by atoms with Gasteiger partial charge in [0.1, 0.15) is 5.82 Å². The van der Waals surface area contributed by atoms with Crippen molar-refractivity contribution in [3.05, 3.63) is 23.4 Å². The fraction of sp³-hybridized carbons (Fsp3) is 0.706. The van der Waals surface area contributed by atoms with Crippen LogP contribution in [0.3, 0.4) is 0 Å². The average Bonchev–Trinajstić information content (AvgIpc) is 2.49. The van der Waals surface area contributed by atoms with E-state index in [1.54, 1.807) is 7.11 Å². The molecular formula is C17H29N3O. The van der Waals surface area contributed by atoms with E-state index in [0.29, 0.717) is 5.92 Å². The molecule has 1 saturated heterocycles. The van der Waals surface area contributed by atoms with Gasteiger partial charge in [0.25, 0.3) is 0 Å². The molecule has 21 heavy (non-hydrogen) atoms. The number of nitrogens with one attached hydrogen (secondary N) is 1. The normalized spacial score (nSPS) is 16.4. The van der Waals surface area contributed by atoms with Gasteiger partial charge >= 0.3 is 0 Å². The second kappa shape index (κ2) is 8.35. The number of rotatable bonds is 7. The predicted molar refractivity (Wildman–Crippen MR) is 87.8 cm³/mol. The summed E-state index contributed by atoms with van der Waals surface area (Å²) in [5, 5.41) is 3.43. The molecule has 1 aromatic heterocycles. The third-order valence-corrected chi connectivity index (χ3v) is 4.18. The molecular weight excluding hydrogens is 262 g/mol. The van der Waals surface area contributed by atoms with Crippen molar-refractivity contribution in [1.29, 1.82) is 0 Å². The second-order valence-electron chi connectivity index (χ2n) is 6.05. The summed E-state index contributed by atoms with van der Waals surface area (Å²) < 4.78 is 5.27. The Balaban J connectivity index is 1.92. The van der Waals surface area contributed by atoms with Crippen molar-refractivity contribution in [3.63, 3.8) is 0 Å². The Hall–Kier alpha value is -1.13. The van der Waals surface area contributed by atoms with Crippen LogP contribution in [0.4, 0.5) is 5.82 Å². The molecule has 0 saturated carbocycles. The Bertz CT molecular complexity index is 428. The van der Waals surface area contributed by atoms with Gasteiger partial charge in [0.05, 0.1) is 0 Å². The van der Waals surface area contributed by atoms with Crippen LogP contribution < -0.4 is 10.2 Å². The summed E-state index contributed by atoms with van der Waals surface area (Å²) in [7, 11) is 1.80. The summed E-state index contributed by atoms with van der Waals surface area (Å²) in [5.41, 5.74) is 2.56. The van der Waals surface area contributed by atoms with E-state index in [0.717, 1.165) is 38.6 Å². The number of aryl methyl sites for hydroxylation is 1. The molecule has 4 heteroatoms. The summed E-state index contributed by atoms with van der Waals surface area (Å²) >= 11 is 0. The molecule has 0 unspecified atom stereocenters. The van der Waals surface area contributed by atoms with Crippen LogP contribution in [0.2, 0.25) is 0 Å². The Morgan fingerprint density at radius 1 is 1.38 bits per heavy atom. The Morgan fingerprint density at radius 3 is 2.76 bits per heavy atom. The largest absolute Gasteiger partial charge is 0.384 e. The monoisotopic (exact) mass is 291 g/mol. The van der Waals surface area contributed by atoms with Crippen LogP contribution in [0.5, 0.6) is 0 Å². The van der Waals surface area contributed by atoms with E-state index < -0.39 is 0 Å². The number of ether oxygens (including phenoxy) is 1. The zero-order chi connectivity index (χ0) is 15.1. The minimum absolute atomic E-state index is 0.712. The second-order valence-corrected chi connectivity index (χ2v) is 6.05. The summed E-state index contributed by atoms with van der Waals surface area (Å²) in [5.74, 6) is 1.87. The zero-order valence-electron chi connectivity index (χ0n) is 13.7. The van der Waals surface area contributed by atoms with E-state index in [2.05, 4.69) is 30.1 Å². The smallest absolute Gasteiger partial charge is 0.131 e. The molecule has 2 heterocycles. The molecule has 4 nitrogen and oxygen atoms in total. The molecule has 1 aromatic rings. The number of hydrogen-bond acceptors (Lipinski definition) is 4. The highest BCUT2D eigenvalue weighted by Gasteiger charge is 2.21. The fourth-order valence-electron chi connectivity index (χ4n) is 3.01. The van der Waals surface area contributed by atoms with Gasteiger partial charge in [-0.2, -0.15) is 0 Å². The first-order valence-corrected chi connectivity index (χ1v) is 8.14. The molecule has 0 amide bonds. The molecule has 1 aliphatic rings. The van der Waals surface area contributed by atoms with Crippen LogP contribution in [0.1, 0.15) is 37.3 Å². The van der Waals surface area contributed by atoms with Crippen LogP contribution in [-0.4, -0.2) is 38.3 Å². The van der Waals surface area contributed by atoms with Gasteiger partial charge in [0, 0.05) is 39.5 Å². The fourth-order valence-corrected chi connectivity index (χ4v) is 3.01. The van der Waals surface area contributed by atoms with Gasteiger partial charge in [0.2, 0.25) is 0 Å². The summed E-state index contributed by atoms with van der Waals surface area (Å²) in [4.78, 5) is 7.13. The maximum atomic E-state index is 5.27. The summed E-state index contributed by atoms with van der Waals surface area (Å²) in [6, 6.07) is 2.27. The molecule has 2 rings (SSSR count). The first-order chi connectivity index (χ1) is 10.2. The molecule has 118 valence electrons. The zero-order valence-corrected chi connectivity index (χ0v) is 13.7. The molecule has 1 aliphatic heterocycles. The highest BCUT2D eigenvalue weighted by Crippen LogP contribution is 2.24. The number of aromatic nitrogens is 1. The Labute approximate surface area is 128 Å². The maximum Gasteiger partial charge on any atom is 0.131 e. The van der Waals surface area contributed by atoms with Crippen molar-refractivity contribution in [2.75, 3.05) is 38.3 Å². The number of hydrogen-bond donors (Lipinski definition) is 1. The topological polar surface area (TPSA) is 37.4 Å². The van der Waals surface area contributed by atoms with Crippen LogP contribution in [-0.2, 0) is 11.3 Å². The molecule has 0 radical (unpaired) electrons. The van der Waals surface area contributed by atoms with Crippen molar-refractivity contribution in [2.24, 2.45) is 5.92 Å². The first-order valence-electron chi connectivity index (χ1n) is 8.14. The van der Waals surface area contributed by atoms with Gasteiger partial charge in [-0.15, -0.1) is 0 Å². The first kappa shape index (κ1) is 16.2. The number of pyridine rings is 1. The molecule has 0 bridgehead atoms. The minimum atomic E-state index is 0.712. The van der Waals surface area contributed by atoms with Crippen molar-refractivity contribution < 1.29 is 4.74 Å². The standard InChI is InChI=1S/C17H29N3O/c1-4-7-18-11-16-10-14(2)17(19-12-16)20-8-5-15(6-9-20)13-21-3/h10,12,15,18H,4-9,11,13H2,1-3H3. The van der Waals surface area contributed by atoms with E-state index in [9.17, 15) is 0 Å². The van der Waals surface area contributed by atoms with Crippen LogP contribution in [0.15, 0.2) is 12.3 Å². The van der Waals surface area contributed by atoms with Gasteiger partial charge < -0.3 is 15.0 Å². The average molecular weight is 291 g/mol. The van der Waals surface area contributed by atoms with Gasteiger partial charge in [0.15, 0.2) is 0 Å². The van der Waals surface area contributed by atoms with E-state index in [1.165, 1.54) is 30.4 Å². The lowest BCUT2D eigenvalue weighted by molar-refractivity contribution is 0.139. The Kier molecular flexibility index (Phi) is 6.46. The highest BCUT2D eigenvalue weighted by atomic mass is 16.5. The highest BCUT2D eigenvalue weighted by molar-refractivity contribution is 5.47. The third-order valence-electron chi connectivity index (χ3n) is 4.18. The van der Waals surface area contributed by atoms with Crippen molar-refractivity contribution >= 4 is 5.82 Å². The number of anilines is 1. The molecule has 0 spiro atoms. The third kappa shape index (κ3) is 4.68. The molecule has 1 N–H and O–H groups in total.